The van der Waals surface area contributed by atoms with E-state index in [4.69, 9.17) is 0 Å². The van der Waals surface area contributed by atoms with Crippen molar-refractivity contribution in [3.63, 3.8) is 0 Å². The molecule has 0 aliphatic carbocycles. The fourth-order valence-electron chi connectivity index (χ4n) is 2.40. The van der Waals surface area contributed by atoms with Gasteiger partial charge in [0.05, 0.1) is 18.4 Å². The Kier molecular flexibility index (Phi) is 5.78. The van der Waals surface area contributed by atoms with Gasteiger partial charge in [0.2, 0.25) is 0 Å². The third kappa shape index (κ3) is 4.36. The summed E-state index contributed by atoms with van der Waals surface area (Å²) in [6.45, 7) is 5.73. The van der Waals surface area contributed by atoms with Crippen LogP contribution in [0.4, 0.5) is 5.82 Å². The summed E-state index contributed by atoms with van der Waals surface area (Å²) in [6, 6.07) is 2.91. The molecule has 136 valence electrons. The van der Waals surface area contributed by atoms with Gasteiger partial charge in [0.25, 0.3) is 10.0 Å². The van der Waals surface area contributed by atoms with E-state index in [-0.39, 0.29) is 22.2 Å². The zero-order valence-corrected chi connectivity index (χ0v) is 15.5. The lowest BCUT2D eigenvalue weighted by Gasteiger charge is -2.08. The van der Waals surface area contributed by atoms with Gasteiger partial charge in [-0.1, -0.05) is 20.3 Å². The molecule has 2 aromatic heterocycles. The molecule has 0 saturated carbocycles. The van der Waals surface area contributed by atoms with E-state index in [9.17, 15) is 13.2 Å². The molecule has 25 heavy (non-hydrogen) atoms. The van der Waals surface area contributed by atoms with Gasteiger partial charge in [0.15, 0.2) is 5.82 Å². The van der Waals surface area contributed by atoms with Crippen molar-refractivity contribution in [2.75, 3.05) is 11.8 Å². The number of esters is 1. The fraction of sp³-hybridized carbons (Fsp3) is 0.438. The number of nitrogens with one attached hydrogen (secondary N) is 2. The van der Waals surface area contributed by atoms with Crippen molar-refractivity contribution in [3.05, 3.63) is 35.3 Å². The van der Waals surface area contributed by atoms with E-state index in [1.165, 1.54) is 19.4 Å². The summed E-state index contributed by atoms with van der Waals surface area (Å²) >= 11 is 0. The molecule has 0 aromatic carbocycles. The highest BCUT2D eigenvalue weighted by Crippen LogP contribution is 2.22. The van der Waals surface area contributed by atoms with Crippen LogP contribution in [-0.2, 0) is 14.8 Å². The SMILES string of the molecule is CCCC(C)c1cc(NS(=O)(=O)c2cnc(C)c(C(=O)OC)c2)n[nH]1. The van der Waals surface area contributed by atoms with E-state index in [1.807, 2.05) is 6.92 Å². The smallest absolute Gasteiger partial charge is 0.339 e. The molecule has 1 atom stereocenters. The molecule has 9 heteroatoms. The van der Waals surface area contributed by atoms with Crippen LogP contribution in [0.25, 0.3) is 0 Å². The molecular formula is C16H22N4O4S. The van der Waals surface area contributed by atoms with Crippen molar-refractivity contribution in [2.45, 2.75) is 44.4 Å². The van der Waals surface area contributed by atoms with Gasteiger partial charge >= 0.3 is 5.97 Å². The molecular weight excluding hydrogens is 344 g/mol. The number of ether oxygens (including phenoxy) is 1. The van der Waals surface area contributed by atoms with Crippen LogP contribution >= 0.6 is 0 Å². The van der Waals surface area contributed by atoms with E-state index < -0.39 is 16.0 Å². The van der Waals surface area contributed by atoms with Crippen LogP contribution in [0, 0.1) is 6.92 Å². The van der Waals surface area contributed by atoms with Gasteiger partial charge in [-0.25, -0.2) is 13.2 Å². The van der Waals surface area contributed by atoms with Crippen LogP contribution in [0.15, 0.2) is 23.2 Å². The van der Waals surface area contributed by atoms with Crippen LogP contribution in [0.1, 0.15) is 54.4 Å². The van der Waals surface area contributed by atoms with E-state index in [1.54, 1.807) is 13.0 Å². The number of H-pyrrole nitrogens is 1. The Labute approximate surface area is 147 Å². The molecule has 0 saturated heterocycles. The number of carbonyl (C=O) groups excluding carboxylic acids is 1. The minimum atomic E-state index is -3.92. The molecule has 2 heterocycles. The topological polar surface area (TPSA) is 114 Å². The average Bonchev–Trinajstić information content (AvgIpc) is 3.02. The molecule has 2 aromatic rings. The van der Waals surface area contributed by atoms with E-state index in [0.29, 0.717) is 5.69 Å². The van der Waals surface area contributed by atoms with E-state index in [0.717, 1.165) is 18.5 Å². The second kappa shape index (κ2) is 7.64. The first-order valence-electron chi connectivity index (χ1n) is 7.91. The Balaban J connectivity index is 2.26. The minimum Gasteiger partial charge on any atom is -0.465 e. The zero-order valence-electron chi connectivity index (χ0n) is 14.7. The number of aryl methyl sites for hydroxylation is 1. The standard InChI is InChI=1S/C16H22N4O4S/c1-5-6-10(2)14-8-15(19-18-14)20-25(22,23)12-7-13(16(21)24-4)11(3)17-9-12/h7-10H,5-6H2,1-4H3,(H2,18,19,20). The third-order valence-corrected chi connectivity index (χ3v) is 5.19. The number of sulfonamides is 1. The maximum atomic E-state index is 12.5. The second-order valence-corrected chi connectivity index (χ2v) is 7.48. The number of hydrogen-bond donors (Lipinski definition) is 2. The van der Waals surface area contributed by atoms with Gasteiger partial charge in [-0.3, -0.25) is 14.8 Å². The molecule has 8 nitrogen and oxygen atoms in total. The Hall–Kier alpha value is -2.42. The summed E-state index contributed by atoms with van der Waals surface area (Å²) in [7, 11) is -2.70. The molecule has 0 bridgehead atoms. The highest BCUT2D eigenvalue weighted by molar-refractivity contribution is 7.92. The highest BCUT2D eigenvalue weighted by atomic mass is 32.2. The number of anilines is 1. The van der Waals surface area contributed by atoms with Crippen molar-refractivity contribution < 1.29 is 17.9 Å². The maximum absolute atomic E-state index is 12.5. The first kappa shape index (κ1) is 18.9. The first-order chi connectivity index (χ1) is 11.8. The summed E-state index contributed by atoms with van der Waals surface area (Å²) in [6.07, 6.45) is 3.18. The van der Waals surface area contributed by atoms with E-state index in [2.05, 4.69) is 31.6 Å². The molecule has 0 aliphatic heterocycles. The summed E-state index contributed by atoms with van der Waals surface area (Å²) in [5, 5.41) is 6.84. The lowest BCUT2D eigenvalue weighted by Crippen LogP contribution is -2.15. The Morgan fingerprint density at radius 3 is 2.76 bits per heavy atom. The van der Waals surface area contributed by atoms with Crippen molar-refractivity contribution in [1.29, 1.82) is 0 Å². The third-order valence-electron chi connectivity index (χ3n) is 3.87. The number of hydrogen-bond acceptors (Lipinski definition) is 6. The lowest BCUT2D eigenvalue weighted by atomic mass is 10.0. The largest absolute Gasteiger partial charge is 0.465 e. The Bertz CT molecular complexity index is 861. The predicted molar refractivity (Wildman–Crippen MR) is 93.0 cm³/mol. The fourth-order valence-corrected chi connectivity index (χ4v) is 3.37. The lowest BCUT2D eigenvalue weighted by molar-refractivity contribution is 0.0599. The van der Waals surface area contributed by atoms with Crippen LogP contribution < -0.4 is 4.72 Å². The average molecular weight is 366 g/mol. The van der Waals surface area contributed by atoms with Gasteiger partial charge < -0.3 is 4.74 Å². The molecule has 2 rings (SSSR count). The quantitative estimate of drug-likeness (QED) is 0.728. The monoisotopic (exact) mass is 366 g/mol. The van der Waals surface area contributed by atoms with Crippen molar-refractivity contribution >= 4 is 21.8 Å². The van der Waals surface area contributed by atoms with E-state index >= 15 is 0 Å². The first-order valence-corrected chi connectivity index (χ1v) is 9.40. The molecule has 1 unspecified atom stereocenters. The summed E-state index contributed by atoms with van der Waals surface area (Å²) in [4.78, 5) is 15.5. The number of aromatic nitrogens is 3. The van der Waals surface area contributed by atoms with Gasteiger partial charge in [0.1, 0.15) is 4.90 Å². The number of methoxy groups -OCH3 is 1. The zero-order chi connectivity index (χ0) is 18.6. The number of rotatable bonds is 7. The van der Waals surface area contributed by atoms with Crippen LogP contribution in [0.2, 0.25) is 0 Å². The van der Waals surface area contributed by atoms with Crippen molar-refractivity contribution in [3.8, 4) is 0 Å². The summed E-state index contributed by atoms with van der Waals surface area (Å²) < 4.78 is 32.1. The van der Waals surface area contributed by atoms with Crippen LogP contribution in [-0.4, -0.2) is 36.7 Å². The van der Waals surface area contributed by atoms with Gasteiger partial charge in [-0.05, 0) is 25.3 Å². The summed E-state index contributed by atoms with van der Waals surface area (Å²) in [5.41, 5.74) is 1.35. The molecule has 0 spiro atoms. The molecule has 0 radical (unpaired) electrons. The Morgan fingerprint density at radius 2 is 2.12 bits per heavy atom. The minimum absolute atomic E-state index is 0.102. The summed E-state index contributed by atoms with van der Waals surface area (Å²) in [5.74, 6) is -0.196. The maximum Gasteiger partial charge on any atom is 0.339 e. The molecule has 0 amide bonds. The van der Waals surface area contributed by atoms with Crippen molar-refractivity contribution in [1.82, 2.24) is 15.2 Å². The molecule has 0 aliphatic rings. The van der Waals surface area contributed by atoms with Gasteiger partial charge in [0, 0.05) is 18.0 Å². The van der Waals surface area contributed by atoms with Gasteiger partial charge in [-0.2, -0.15) is 5.10 Å². The van der Waals surface area contributed by atoms with Crippen molar-refractivity contribution in [2.24, 2.45) is 0 Å². The molecule has 2 N–H and O–H groups in total. The highest BCUT2D eigenvalue weighted by Gasteiger charge is 2.21. The normalized spacial score (nSPS) is 12.6. The second-order valence-electron chi connectivity index (χ2n) is 5.80. The number of pyridine rings is 1. The van der Waals surface area contributed by atoms with Crippen LogP contribution in [0.5, 0.6) is 0 Å². The molecule has 0 fully saturated rings. The number of aromatic amines is 1. The predicted octanol–water partition coefficient (Wildman–Crippen LogP) is 2.60. The van der Waals surface area contributed by atoms with Crippen LogP contribution in [0.3, 0.4) is 0 Å². The number of carbonyl (C=O) groups is 1. The van der Waals surface area contributed by atoms with Gasteiger partial charge in [-0.15, -0.1) is 0 Å². The Morgan fingerprint density at radius 1 is 1.40 bits per heavy atom. The number of nitrogens with zero attached hydrogens (tertiary/aromatic N) is 2.